The summed E-state index contributed by atoms with van der Waals surface area (Å²) in [5.41, 5.74) is 0.875. The molecule has 9 atom stereocenters. The van der Waals surface area contributed by atoms with Gasteiger partial charge in [-0.05, 0) is 87.4 Å². The number of aliphatic hydroxyl groups excluding tert-OH is 1. The highest BCUT2D eigenvalue weighted by Crippen LogP contribution is 2.70. The first-order valence-electron chi connectivity index (χ1n) is 12.7. The smallest absolute Gasteiger partial charge is 0.198 e. The molecule has 0 heterocycles. The summed E-state index contributed by atoms with van der Waals surface area (Å²) in [4.78, 5) is 0. The highest BCUT2D eigenvalue weighted by Gasteiger charge is 2.69. The van der Waals surface area contributed by atoms with Gasteiger partial charge in [0.1, 0.15) is 17.3 Å². The van der Waals surface area contributed by atoms with Crippen LogP contribution in [-0.2, 0) is 0 Å². The third kappa shape index (κ3) is 3.17. The number of aliphatic hydroxyl groups is 1. The molecule has 0 unspecified atom stereocenters. The second kappa shape index (κ2) is 7.51. The minimum atomic E-state index is -0.117. The Bertz CT molecular complexity index is 554. The van der Waals surface area contributed by atoms with Gasteiger partial charge >= 0.3 is 0 Å². The third-order valence-corrected chi connectivity index (χ3v) is 10.6. The molecule has 4 aliphatic rings. The lowest BCUT2D eigenvalue weighted by Gasteiger charge is -2.55. The fraction of sp³-hybridized carbons (Fsp3) is 0.963. The van der Waals surface area contributed by atoms with Crippen LogP contribution in [0.1, 0.15) is 106 Å². The van der Waals surface area contributed by atoms with E-state index in [-0.39, 0.29) is 6.10 Å². The van der Waals surface area contributed by atoms with E-state index >= 15 is 0 Å². The van der Waals surface area contributed by atoms with Gasteiger partial charge in [0.05, 0.1) is 0 Å². The first-order chi connectivity index (χ1) is 13.2. The van der Waals surface area contributed by atoms with Crippen LogP contribution >= 0.6 is 0 Å². The van der Waals surface area contributed by atoms with Crippen LogP contribution in [0.5, 0.6) is 0 Å². The first kappa shape index (κ1) is 21.1. The Morgan fingerprint density at radius 1 is 0.964 bits per heavy atom. The van der Waals surface area contributed by atoms with Crippen molar-refractivity contribution in [1.82, 2.24) is 0 Å². The summed E-state index contributed by atoms with van der Waals surface area (Å²) in [6.45, 7) is 14.9. The highest BCUT2D eigenvalue weighted by molar-refractivity contribution is 5.24. The van der Waals surface area contributed by atoms with Gasteiger partial charge in [-0.1, -0.05) is 47.0 Å². The second-order valence-corrected chi connectivity index (χ2v) is 12.5. The predicted octanol–water partition coefficient (Wildman–Crippen LogP) is 7.28. The summed E-state index contributed by atoms with van der Waals surface area (Å²) in [6.07, 6.45) is 13.6. The van der Waals surface area contributed by atoms with Gasteiger partial charge in [0.25, 0.3) is 0 Å². The van der Waals surface area contributed by atoms with Crippen LogP contribution < -0.4 is 0 Å². The molecule has 160 valence electrons. The van der Waals surface area contributed by atoms with Crippen LogP contribution in [0.25, 0.3) is 0 Å². The Morgan fingerprint density at radius 2 is 1.71 bits per heavy atom. The van der Waals surface area contributed by atoms with Crippen molar-refractivity contribution in [1.29, 1.82) is 0 Å². The van der Waals surface area contributed by atoms with Crippen molar-refractivity contribution in [2.24, 2.45) is 52.3 Å². The molecule has 0 aromatic rings. The van der Waals surface area contributed by atoms with Crippen molar-refractivity contribution in [2.45, 2.75) is 112 Å². The summed E-state index contributed by atoms with van der Waals surface area (Å²) in [5, 5.41) is 11.2. The molecule has 4 aliphatic carbocycles. The van der Waals surface area contributed by atoms with Crippen molar-refractivity contribution in [3.8, 4) is 0 Å². The SMILES string of the molecule is CC(C)CCC[C@@H](C)[C@H]1CC[C@H]2[C@@H]3C[C@@H](O)[C+]4[C@@H](C)CC[C@]4(C)[C@H]3CC[C@]12C. The van der Waals surface area contributed by atoms with Crippen LogP contribution in [0.3, 0.4) is 0 Å². The number of rotatable bonds is 5. The molecule has 28 heavy (non-hydrogen) atoms. The molecule has 0 amide bonds. The Kier molecular flexibility index (Phi) is 5.65. The molecule has 1 N–H and O–H groups in total. The topological polar surface area (TPSA) is 20.2 Å². The maximum Gasteiger partial charge on any atom is 0.198 e. The molecule has 0 aromatic carbocycles. The fourth-order valence-electron chi connectivity index (χ4n) is 9.30. The van der Waals surface area contributed by atoms with Crippen molar-refractivity contribution < 1.29 is 5.11 Å². The number of hydrogen-bond donors (Lipinski definition) is 1. The number of fused-ring (bicyclic) bond motifs is 5. The monoisotopic (exact) mass is 387 g/mol. The van der Waals surface area contributed by atoms with E-state index in [1.54, 1.807) is 5.92 Å². The van der Waals surface area contributed by atoms with E-state index in [0.29, 0.717) is 16.7 Å². The van der Waals surface area contributed by atoms with Gasteiger partial charge in [-0.3, -0.25) is 0 Å². The van der Waals surface area contributed by atoms with Gasteiger partial charge < -0.3 is 5.11 Å². The van der Waals surface area contributed by atoms with Gasteiger partial charge in [0, 0.05) is 12.3 Å². The normalized spacial score (nSPS) is 49.1. The van der Waals surface area contributed by atoms with Crippen LogP contribution in [0.2, 0.25) is 0 Å². The fourth-order valence-corrected chi connectivity index (χ4v) is 9.30. The minimum absolute atomic E-state index is 0.117. The molecule has 4 saturated carbocycles. The lowest BCUT2D eigenvalue weighted by molar-refractivity contribution is -0.0918. The maximum absolute atomic E-state index is 11.2. The van der Waals surface area contributed by atoms with E-state index in [1.165, 1.54) is 57.8 Å². The zero-order chi connectivity index (χ0) is 20.3. The predicted molar refractivity (Wildman–Crippen MR) is 119 cm³/mol. The van der Waals surface area contributed by atoms with Crippen LogP contribution in [0.15, 0.2) is 0 Å². The summed E-state index contributed by atoms with van der Waals surface area (Å²) in [7, 11) is 0. The maximum atomic E-state index is 11.2. The molecule has 0 spiro atoms. The summed E-state index contributed by atoms with van der Waals surface area (Å²) >= 11 is 0. The van der Waals surface area contributed by atoms with Crippen molar-refractivity contribution >= 4 is 0 Å². The van der Waals surface area contributed by atoms with E-state index in [1.807, 2.05) is 0 Å². The second-order valence-electron chi connectivity index (χ2n) is 12.5. The Morgan fingerprint density at radius 3 is 2.43 bits per heavy atom. The Balaban J connectivity index is 1.50. The molecular formula is C27H47O+. The van der Waals surface area contributed by atoms with Gasteiger partial charge in [0.2, 0.25) is 0 Å². The van der Waals surface area contributed by atoms with Crippen LogP contribution in [-0.4, -0.2) is 11.2 Å². The highest BCUT2D eigenvalue weighted by atomic mass is 16.3. The zero-order valence-electron chi connectivity index (χ0n) is 19.6. The van der Waals surface area contributed by atoms with E-state index < -0.39 is 0 Å². The standard InChI is InChI=1S/C27H47O/c1-17(2)8-7-9-18(3)21-10-11-22-20-16-24(28)25-19(4)12-14-27(25,6)23(20)13-15-26(21,22)5/h17-24,28H,7-16H2,1-6H3/q+1/t18-,19+,20+,21-,22+,23+,24-,26-,27-/m1/s1. The van der Waals surface area contributed by atoms with E-state index in [9.17, 15) is 5.11 Å². The summed E-state index contributed by atoms with van der Waals surface area (Å²) < 4.78 is 0. The molecule has 4 rings (SSSR count). The summed E-state index contributed by atoms with van der Waals surface area (Å²) in [5.74, 6) is 7.34. The molecular weight excluding hydrogens is 340 g/mol. The van der Waals surface area contributed by atoms with Gasteiger partial charge in [-0.2, -0.15) is 0 Å². The van der Waals surface area contributed by atoms with Gasteiger partial charge in [-0.25, -0.2) is 0 Å². The average Bonchev–Trinajstić information content (AvgIpc) is 3.12. The lowest BCUT2D eigenvalue weighted by atomic mass is 9.46. The van der Waals surface area contributed by atoms with Crippen molar-refractivity contribution in [3.63, 3.8) is 0 Å². The summed E-state index contributed by atoms with van der Waals surface area (Å²) in [6, 6.07) is 0. The molecule has 1 heteroatoms. The molecule has 0 bridgehead atoms. The number of hydrogen-bond acceptors (Lipinski definition) is 1. The lowest BCUT2D eigenvalue weighted by Crippen LogP contribution is -2.54. The minimum Gasteiger partial charge on any atom is -0.353 e. The average molecular weight is 388 g/mol. The molecule has 0 radical (unpaired) electrons. The van der Waals surface area contributed by atoms with Gasteiger partial charge in [0.15, 0.2) is 6.10 Å². The zero-order valence-corrected chi connectivity index (χ0v) is 19.6. The van der Waals surface area contributed by atoms with E-state index in [0.717, 1.165) is 41.9 Å². The molecule has 1 nitrogen and oxygen atoms in total. The molecule has 4 fully saturated rings. The molecule has 0 aliphatic heterocycles. The Hall–Kier alpha value is -0.170. The Labute approximate surface area is 175 Å². The van der Waals surface area contributed by atoms with E-state index in [2.05, 4.69) is 41.5 Å². The van der Waals surface area contributed by atoms with Crippen molar-refractivity contribution in [3.05, 3.63) is 5.92 Å². The van der Waals surface area contributed by atoms with Crippen molar-refractivity contribution in [2.75, 3.05) is 0 Å². The van der Waals surface area contributed by atoms with Gasteiger partial charge in [-0.15, -0.1) is 0 Å². The van der Waals surface area contributed by atoms with Crippen LogP contribution in [0.4, 0.5) is 0 Å². The molecule has 0 aromatic heterocycles. The third-order valence-electron chi connectivity index (χ3n) is 10.6. The quantitative estimate of drug-likeness (QED) is 0.491. The van der Waals surface area contributed by atoms with E-state index in [4.69, 9.17) is 0 Å². The molecule has 0 saturated heterocycles. The largest absolute Gasteiger partial charge is 0.353 e. The van der Waals surface area contributed by atoms with Crippen LogP contribution in [0, 0.1) is 58.2 Å². The first-order valence-corrected chi connectivity index (χ1v) is 12.7.